The fourth-order valence-electron chi connectivity index (χ4n) is 1.47. The Balaban J connectivity index is 2.75. The number of esters is 1. The zero-order valence-corrected chi connectivity index (χ0v) is 10.5. The quantitative estimate of drug-likeness (QED) is 0.464. The van der Waals surface area contributed by atoms with Gasteiger partial charge in [-0.25, -0.2) is 4.79 Å². The second kappa shape index (κ2) is 7.87. The molecule has 0 amide bonds. The van der Waals surface area contributed by atoms with Crippen LogP contribution in [0.1, 0.15) is 12.0 Å². The van der Waals surface area contributed by atoms with Crippen LogP contribution < -0.4 is 0 Å². The van der Waals surface area contributed by atoms with Gasteiger partial charge in [-0.1, -0.05) is 49.1 Å². The number of aliphatic carboxylic acids is 1. The van der Waals surface area contributed by atoms with E-state index in [9.17, 15) is 9.59 Å². The fraction of sp³-hybridized carbons (Fsp3) is 0.200. The molecule has 0 spiro atoms. The lowest BCUT2D eigenvalue weighted by atomic mass is 10.1. The van der Waals surface area contributed by atoms with Crippen LogP contribution in [-0.4, -0.2) is 23.7 Å². The van der Waals surface area contributed by atoms with Crippen molar-refractivity contribution in [1.29, 1.82) is 0 Å². The molecule has 0 aliphatic carbocycles. The largest absolute Gasteiger partial charge is 0.481 e. The van der Waals surface area contributed by atoms with Crippen LogP contribution in [0.15, 0.2) is 54.6 Å². The van der Waals surface area contributed by atoms with E-state index in [-0.39, 0.29) is 18.6 Å². The zero-order valence-electron chi connectivity index (χ0n) is 10.5. The molecule has 0 radical (unpaired) electrons. The van der Waals surface area contributed by atoms with Crippen LogP contribution >= 0.6 is 0 Å². The summed E-state index contributed by atoms with van der Waals surface area (Å²) in [5.41, 5.74) is 1.15. The molecular formula is C15H16O4. The number of allylic oxidation sites excluding steroid dienone is 1. The third kappa shape index (κ3) is 5.68. The van der Waals surface area contributed by atoms with Crippen molar-refractivity contribution in [2.45, 2.75) is 12.8 Å². The average molecular weight is 260 g/mol. The predicted molar refractivity (Wildman–Crippen MR) is 71.6 cm³/mol. The van der Waals surface area contributed by atoms with Gasteiger partial charge in [-0.05, 0) is 12.0 Å². The fourth-order valence-corrected chi connectivity index (χ4v) is 1.47. The monoisotopic (exact) mass is 260 g/mol. The Kier molecular flexibility index (Phi) is 6.09. The number of hydrogen-bond acceptors (Lipinski definition) is 3. The summed E-state index contributed by atoms with van der Waals surface area (Å²) < 4.78 is 4.85. The summed E-state index contributed by atoms with van der Waals surface area (Å²) in [6, 6.07) is 9.48. The number of carboxylic acid groups (broad SMARTS) is 1. The van der Waals surface area contributed by atoms with Crippen LogP contribution in [0.25, 0.3) is 0 Å². The highest BCUT2D eigenvalue weighted by atomic mass is 16.5. The highest BCUT2D eigenvalue weighted by Crippen LogP contribution is 2.09. The molecule has 1 aromatic carbocycles. The maximum absolute atomic E-state index is 11.7. The van der Waals surface area contributed by atoms with Gasteiger partial charge in [0.25, 0.3) is 0 Å². The van der Waals surface area contributed by atoms with Gasteiger partial charge in [0.05, 0.1) is 6.42 Å². The van der Waals surface area contributed by atoms with E-state index in [1.54, 1.807) is 6.08 Å². The lowest BCUT2D eigenvalue weighted by Crippen LogP contribution is -2.12. The summed E-state index contributed by atoms with van der Waals surface area (Å²) in [4.78, 5) is 22.4. The number of carbonyl (C=O) groups excluding carboxylic acids is 1. The Morgan fingerprint density at radius 1 is 1.26 bits per heavy atom. The van der Waals surface area contributed by atoms with Gasteiger partial charge in [-0.3, -0.25) is 4.79 Å². The molecule has 1 N–H and O–H groups in total. The van der Waals surface area contributed by atoms with Crippen LogP contribution in [0.2, 0.25) is 0 Å². The summed E-state index contributed by atoms with van der Waals surface area (Å²) >= 11 is 0. The predicted octanol–water partition coefficient (Wildman–Crippen LogP) is 2.36. The maximum Gasteiger partial charge on any atom is 0.334 e. The van der Waals surface area contributed by atoms with Crippen LogP contribution in [0.4, 0.5) is 0 Å². The van der Waals surface area contributed by atoms with Crippen LogP contribution in [-0.2, 0) is 20.7 Å². The molecule has 0 fully saturated rings. The van der Waals surface area contributed by atoms with Crippen molar-refractivity contribution in [3.05, 3.63) is 60.2 Å². The van der Waals surface area contributed by atoms with Crippen LogP contribution in [0, 0.1) is 0 Å². The normalized spacial score (nSPS) is 10.8. The zero-order chi connectivity index (χ0) is 14.1. The highest BCUT2D eigenvalue weighted by Gasteiger charge is 2.14. The molecule has 0 aromatic heterocycles. The van der Waals surface area contributed by atoms with E-state index in [0.717, 1.165) is 5.56 Å². The lowest BCUT2D eigenvalue weighted by molar-refractivity contribution is -0.142. The lowest BCUT2D eigenvalue weighted by Gasteiger charge is -2.05. The van der Waals surface area contributed by atoms with E-state index in [2.05, 4.69) is 6.58 Å². The van der Waals surface area contributed by atoms with E-state index in [1.807, 2.05) is 30.3 Å². The molecule has 0 aliphatic rings. The maximum atomic E-state index is 11.7. The van der Waals surface area contributed by atoms with Gasteiger partial charge < -0.3 is 9.84 Å². The van der Waals surface area contributed by atoms with E-state index in [4.69, 9.17) is 9.84 Å². The highest BCUT2D eigenvalue weighted by molar-refractivity contribution is 5.93. The van der Waals surface area contributed by atoms with Gasteiger partial charge in [0.15, 0.2) is 0 Å². The second-order valence-corrected chi connectivity index (χ2v) is 3.88. The Morgan fingerprint density at radius 2 is 1.95 bits per heavy atom. The van der Waals surface area contributed by atoms with Crippen molar-refractivity contribution in [1.82, 2.24) is 0 Å². The Bertz CT molecular complexity index is 474. The molecule has 0 saturated carbocycles. The molecule has 1 aromatic rings. The van der Waals surface area contributed by atoms with Crippen LogP contribution in [0.3, 0.4) is 0 Å². The third-order valence-electron chi connectivity index (χ3n) is 2.36. The molecule has 0 bridgehead atoms. The van der Waals surface area contributed by atoms with Gasteiger partial charge >= 0.3 is 11.9 Å². The molecule has 1 rings (SSSR count). The van der Waals surface area contributed by atoms with Gasteiger partial charge in [-0.15, -0.1) is 0 Å². The van der Waals surface area contributed by atoms with Crippen molar-refractivity contribution in [2.75, 3.05) is 6.61 Å². The Morgan fingerprint density at radius 3 is 2.53 bits per heavy atom. The summed E-state index contributed by atoms with van der Waals surface area (Å²) in [6.07, 6.45) is 3.18. The molecule has 0 saturated heterocycles. The molecule has 19 heavy (non-hydrogen) atoms. The van der Waals surface area contributed by atoms with Crippen molar-refractivity contribution in [2.24, 2.45) is 0 Å². The van der Waals surface area contributed by atoms with E-state index < -0.39 is 11.9 Å². The van der Waals surface area contributed by atoms with Gasteiger partial charge in [0.2, 0.25) is 0 Å². The van der Waals surface area contributed by atoms with E-state index in [0.29, 0.717) is 6.42 Å². The molecule has 0 unspecified atom stereocenters. The number of carbonyl (C=O) groups is 2. The summed E-state index contributed by atoms with van der Waals surface area (Å²) in [5, 5.41) is 8.79. The number of rotatable bonds is 7. The minimum atomic E-state index is -1.06. The second-order valence-electron chi connectivity index (χ2n) is 3.88. The first-order valence-corrected chi connectivity index (χ1v) is 5.86. The van der Waals surface area contributed by atoms with E-state index >= 15 is 0 Å². The smallest absolute Gasteiger partial charge is 0.334 e. The van der Waals surface area contributed by atoms with Gasteiger partial charge in [0.1, 0.15) is 6.61 Å². The Labute approximate surface area is 112 Å². The first-order chi connectivity index (χ1) is 9.13. The average Bonchev–Trinajstić information content (AvgIpc) is 2.41. The molecular weight excluding hydrogens is 244 g/mol. The van der Waals surface area contributed by atoms with Crippen molar-refractivity contribution in [3.8, 4) is 0 Å². The van der Waals surface area contributed by atoms with Crippen LogP contribution in [0.5, 0.6) is 0 Å². The first-order valence-electron chi connectivity index (χ1n) is 5.86. The minimum Gasteiger partial charge on any atom is -0.481 e. The van der Waals surface area contributed by atoms with Crippen molar-refractivity contribution >= 4 is 11.9 Å². The standard InChI is InChI=1S/C15H16O4/c1-2-10-19-15(18)13(11-14(16)17)9-8-12-6-4-3-5-7-12/h2-7,9H,1,8,10-11H2,(H,16,17). The summed E-state index contributed by atoms with van der Waals surface area (Å²) in [6.45, 7) is 3.50. The van der Waals surface area contributed by atoms with E-state index in [1.165, 1.54) is 6.08 Å². The van der Waals surface area contributed by atoms with Gasteiger partial charge in [0, 0.05) is 5.57 Å². The topological polar surface area (TPSA) is 63.6 Å². The van der Waals surface area contributed by atoms with Crippen molar-refractivity contribution in [3.63, 3.8) is 0 Å². The SMILES string of the molecule is C=CCOC(=O)C(=CCc1ccccc1)CC(=O)O. The molecule has 0 atom stereocenters. The minimum absolute atomic E-state index is 0.0706. The molecule has 0 aliphatic heterocycles. The summed E-state index contributed by atoms with van der Waals surface area (Å²) in [5.74, 6) is -1.67. The van der Waals surface area contributed by atoms with Crippen molar-refractivity contribution < 1.29 is 19.4 Å². The Hall–Kier alpha value is -2.36. The third-order valence-corrected chi connectivity index (χ3v) is 2.36. The number of hydrogen-bond donors (Lipinski definition) is 1. The molecule has 0 heterocycles. The number of benzene rings is 1. The summed E-state index contributed by atoms with van der Waals surface area (Å²) in [7, 11) is 0. The molecule has 4 nitrogen and oxygen atoms in total. The molecule has 4 heteroatoms. The number of ether oxygens (including phenoxy) is 1. The van der Waals surface area contributed by atoms with Gasteiger partial charge in [-0.2, -0.15) is 0 Å². The molecule has 100 valence electrons. The first kappa shape index (κ1) is 14.7. The number of carboxylic acids is 1.